The van der Waals surface area contributed by atoms with Crippen LogP contribution in [0, 0.1) is 16.7 Å². The molecule has 1 aliphatic rings. The van der Waals surface area contributed by atoms with Gasteiger partial charge in [0, 0.05) is 0 Å². The van der Waals surface area contributed by atoms with Gasteiger partial charge in [-0.05, 0) is 29.6 Å². The fourth-order valence-corrected chi connectivity index (χ4v) is 2.13. The summed E-state index contributed by atoms with van der Waals surface area (Å²) in [5.74, 6) is 0.745. The zero-order chi connectivity index (χ0) is 11.0. The van der Waals surface area contributed by atoms with Crippen LogP contribution in [0.15, 0.2) is 0 Å². The predicted molar refractivity (Wildman–Crippen MR) is 61.4 cm³/mol. The fourth-order valence-electron chi connectivity index (χ4n) is 2.13. The van der Waals surface area contributed by atoms with Crippen molar-refractivity contribution in [1.82, 2.24) is 0 Å². The minimum atomic E-state index is 0.400. The molecule has 2 atom stereocenters. The van der Waals surface area contributed by atoms with E-state index >= 15 is 0 Å². The minimum Gasteiger partial charge on any atom is -0.378 e. The third-order valence-corrected chi connectivity index (χ3v) is 3.15. The van der Waals surface area contributed by atoms with Crippen LogP contribution in [0.5, 0.6) is 0 Å². The molecule has 1 fully saturated rings. The quantitative estimate of drug-likeness (QED) is 0.621. The van der Waals surface area contributed by atoms with Crippen LogP contribution in [0.1, 0.15) is 54.4 Å². The summed E-state index contributed by atoms with van der Waals surface area (Å²) >= 11 is 0. The Bertz CT molecular complexity index is 182. The Morgan fingerprint density at radius 3 is 2.00 bits per heavy atom. The molecule has 0 aliphatic carbocycles. The van der Waals surface area contributed by atoms with E-state index in [1.54, 1.807) is 0 Å². The maximum Gasteiger partial charge on any atom is 0.0584 e. The standard InChI is InChI=1S/C13H26O/c1-12(2,3)8-11-7-10(9-14-11)13(4,5)6/h10-11H,7-9H2,1-6H3. The number of rotatable bonds is 1. The van der Waals surface area contributed by atoms with Crippen molar-refractivity contribution in [2.75, 3.05) is 6.61 Å². The molecule has 1 aliphatic heterocycles. The van der Waals surface area contributed by atoms with Crippen molar-refractivity contribution in [3.63, 3.8) is 0 Å². The molecular weight excluding hydrogens is 172 g/mol. The lowest BCUT2D eigenvalue weighted by Crippen LogP contribution is -2.21. The van der Waals surface area contributed by atoms with E-state index in [1.165, 1.54) is 12.8 Å². The highest BCUT2D eigenvalue weighted by atomic mass is 16.5. The van der Waals surface area contributed by atoms with Gasteiger partial charge in [0.2, 0.25) is 0 Å². The number of hydrogen-bond donors (Lipinski definition) is 0. The van der Waals surface area contributed by atoms with Gasteiger partial charge in [0.15, 0.2) is 0 Å². The second-order valence-corrected chi connectivity index (χ2v) is 7.02. The van der Waals surface area contributed by atoms with E-state index < -0.39 is 0 Å². The fraction of sp³-hybridized carbons (Fsp3) is 1.00. The average Bonchev–Trinajstić information content (AvgIpc) is 2.29. The summed E-state index contributed by atoms with van der Waals surface area (Å²) < 4.78 is 5.87. The van der Waals surface area contributed by atoms with Gasteiger partial charge in [-0.25, -0.2) is 0 Å². The van der Waals surface area contributed by atoms with Gasteiger partial charge < -0.3 is 4.74 Å². The average molecular weight is 198 g/mol. The molecule has 0 aromatic rings. The van der Waals surface area contributed by atoms with Crippen LogP contribution in [-0.4, -0.2) is 12.7 Å². The van der Waals surface area contributed by atoms with Crippen molar-refractivity contribution in [1.29, 1.82) is 0 Å². The Morgan fingerprint density at radius 2 is 1.64 bits per heavy atom. The second-order valence-electron chi connectivity index (χ2n) is 7.02. The normalized spacial score (nSPS) is 29.6. The highest BCUT2D eigenvalue weighted by Crippen LogP contribution is 2.38. The topological polar surface area (TPSA) is 9.23 Å². The first-order valence-corrected chi connectivity index (χ1v) is 5.80. The van der Waals surface area contributed by atoms with Crippen LogP contribution in [0.4, 0.5) is 0 Å². The summed E-state index contributed by atoms with van der Waals surface area (Å²) in [4.78, 5) is 0. The van der Waals surface area contributed by atoms with Crippen LogP contribution in [0.3, 0.4) is 0 Å². The molecular formula is C13H26O. The minimum absolute atomic E-state index is 0.400. The highest BCUT2D eigenvalue weighted by Gasteiger charge is 2.35. The van der Waals surface area contributed by atoms with E-state index in [1.807, 2.05) is 0 Å². The van der Waals surface area contributed by atoms with Gasteiger partial charge in [-0.15, -0.1) is 0 Å². The van der Waals surface area contributed by atoms with Crippen molar-refractivity contribution in [2.45, 2.75) is 60.5 Å². The monoisotopic (exact) mass is 198 g/mol. The van der Waals surface area contributed by atoms with Crippen molar-refractivity contribution in [2.24, 2.45) is 16.7 Å². The van der Waals surface area contributed by atoms with Crippen LogP contribution in [0.2, 0.25) is 0 Å². The lowest BCUT2D eigenvalue weighted by atomic mass is 9.78. The molecule has 0 aromatic heterocycles. The molecule has 0 radical (unpaired) electrons. The van der Waals surface area contributed by atoms with Gasteiger partial charge >= 0.3 is 0 Å². The Balaban J connectivity index is 2.42. The molecule has 0 spiro atoms. The SMILES string of the molecule is CC(C)(C)CC1CC(C(C)(C)C)CO1. The van der Waals surface area contributed by atoms with Gasteiger partial charge in [0.1, 0.15) is 0 Å². The maximum atomic E-state index is 5.87. The number of ether oxygens (including phenoxy) is 1. The lowest BCUT2D eigenvalue weighted by molar-refractivity contribution is 0.0689. The predicted octanol–water partition coefficient (Wildman–Crippen LogP) is 3.87. The molecule has 0 aromatic carbocycles. The molecule has 0 bridgehead atoms. The van der Waals surface area contributed by atoms with Crippen molar-refractivity contribution in [3.05, 3.63) is 0 Å². The molecule has 1 nitrogen and oxygen atoms in total. The van der Waals surface area contributed by atoms with E-state index in [0.717, 1.165) is 12.5 Å². The van der Waals surface area contributed by atoms with Crippen LogP contribution >= 0.6 is 0 Å². The van der Waals surface area contributed by atoms with Gasteiger partial charge in [-0.3, -0.25) is 0 Å². The van der Waals surface area contributed by atoms with Crippen LogP contribution < -0.4 is 0 Å². The Kier molecular flexibility index (Phi) is 3.30. The van der Waals surface area contributed by atoms with E-state index in [-0.39, 0.29) is 0 Å². The third-order valence-electron chi connectivity index (χ3n) is 3.15. The Hall–Kier alpha value is -0.0400. The molecule has 2 unspecified atom stereocenters. The first-order valence-electron chi connectivity index (χ1n) is 5.80. The molecule has 14 heavy (non-hydrogen) atoms. The van der Waals surface area contributed by atoms with E-state index in [2.05, 4.69) is 41.5 Å². The summed E-state index contributed by atoms with van der Waals surface area (Å²) in [6, 6.07) is 0. The molecule has 1 heterocycles. The van der Waals surface area contributed by atoms with Crippen LogP contribution in [0.25, 0.3) is 0 Å². The largest absolute Gasteiger partial charge is 0.378 e. The highest BCUT2D eigenvalue weighted by molar-refractivity contribution is 4.84. The van der Waals surface area contributed by atoms with Crippen molar-refractivity contribution < 1.29 is 4.74 Å². The van der Waals surface area contributed by atoms with Crippen molar-refractivity contribution in [3.8, 4) is 0 Å². The zero-order valence-electron chi connectivity index (χ0n) is 10.7. The zero-order valence-corrected chi connectivity index (χ0v) is 10.7. The van der Waals surface area contributed by atoms with Gasteiger partial charge in [-0.1, -0.05) is 41.5 Å². The summed E-state index contributed by atoms with van der Waals surface area (Å²) in [5.41, 5.74) is 0.810. The van der Waals surface area contributed by atoms with Crippen molar-refractivity contribution >= 4 is 0 Å². The Morgan fingerprint density at radius 1 is 1.07 bits per heavy atom. The second kappa shape index (κ2) is 3.84. The van der Waals surface area contributed by atoms with Gasteiger partial charge in [-0.2, -0.15) is 0 Å². The summed E-state index contributed by atoms with van der Waals surface area (Å²) in [7, 11) is 0. The summed E-state index contributed by atoms with van der Waals surface area (Å²) in [5, 5.41) is 0. The number of hydrogen-bond acceptors (Lipinski definition) is 1. The van der Waals surface area contributed by atoms with E-state index in [4.69, 9.17) is 4.74 Å². The van der Waals surface area contributed by atoms with E-state index in [9.17, 15) is 0 Å². The smallest absolute Gasteiger partial charge is 0.0584 e. The first kappa shape index (κ1) is 12.0. The van der Waals surface area contributed by atoms with E-state index in [0.29, 0.717) is 16.9 Å². The summed E-state index contributed by atoms with van der Waals surface area (Å²) in [6.45, 7) is 14.8. The Labute approximate surface area is 89.2 Å². The maximum absolute atomic E-state index is 5.87. The molecule has 1 heteroatoms. The molecule has 0 amide bonds. The molecule has 0 N–H and O–H groups in total. The molecule has 0 saturated carbocycles. The third kappa shape index (κ3) is 3.61. The summed E-state index contributed by atoms with van der Waals surface area (Å²) in [6.07, 6.45) is 2.94. The lowest BCUT2D eigenvalue weighted by Gasteiger charge is -2.26. The van der Waals surface area contributed by atoms with Gasteiger partial charge in [0.25, 0.3) is 0 Å². The van der Waals surface area contributed by atoms with Crippen LogP contribution in [-0.2, 0) is 4.74 Å². The first-order chi connectivity index (χ1) is 6.18. The molecule has 84 valence electrons. The molecule has 1 saturated heterocycles. The van der Waals surface area contributed by atoms with Gasteiger partial charge in [0.05, 0.1) is 12.7 Å². The molecule has 1 rings (SSSR count).